The Balaban J connectivity index is 1.95. The van der Waals surface area contributed by atoms with E-state index in [4.69, 9.17) is 0 Å². The van der Waals surface area contributed by atoms with E-state index in [1.807, 2.05) is 38.1 Å². The first-order chi connectivity index (χ1) is 17.5. The molecule has 11 heteroatoms. The maximum absolute atomic E-state index is 13.7. The van der Waals surface area contributed by atoms with Crippen molar-refractivity contribution in [3.8, 4) is 0 Å². The zero-order valence-electron chi connectivity index (χ0n) is 21.4. The fourth-order valence-corrected chi connectivity index (χ4v) is 5.51. The number of nitrogens with one attached hydrogen (secondary N) is 1. The Bertz CT molecular complexity index is 1240. The Kier molecular flexibility index (Phi) is 9.25. The van der Waals surface area contributed by atoms with Crippen LogP contribution in [0.15, 0.2) is 48.5 Å². The Morgan fingerprint density at radius 1 is 1.14 bits per heavy atom. The number of rotatable bonds is 11. The highest BCUT2D eigenvalue weighted by atomic mass is 32.2. The van der Waals surface area contributed by atoms with Crippen LogP contribution >= 0.6 is 0 Å². The van der Waals surface area contributed by atoms with E-state index in [1.54, 1.807) is 0 Å². The fourth-order valence-electron chi connectivity index (χ4n) is 4.67. The molecule has 10 nitrogen and oxygen atoms in total. The van der Waals surface area contributed by atoms with Crippen LogP contribution in [-0.2, 0) is 26.2 Å². The first kappa shape index (κ1) is 28.1. The van der Waals surface area contributed by atoms with Gasteiger partial charge in [0.2, 0.25) is 21.8 Å². The van der Waals surface area contributed by atoms with E-state index in [0.717, 1.165) is 53.4 Å². The molecule has 2 amide bonds. The van der Waals surface area contributed by atoms with Gasteiger partial charge < -0.3 is 10.2 Å². The quantitative estimate of drug-likeness (QED) is 0.349. The minimum atomic E-state index is -3.98. The number of nitrogens with zero attached hydrogens (tertiary/aromatic N) is 3. The molecule has 2 aromatic rings. The average Bonchev–Trinajstić information content (AvgIpc) is 3.34. The maximum atomic E-state index is 13.7. The molecule has 0 heterocycles. The molecular formula is C26H34N4O6S. The molecule has 1 atom stereocenters. The highest BCUT2D eigenvalue weighted by Gasteiger charge is 2.33. The number of hydrogen-bond donors (Lipinski definition) is 1. The van der Waals surface area contributed by atoms with Crippen molar-refractivity contribution >= 4 is 33.2 Å². The van der Waals surface area contributed by atoms with E-state index in [1.165, 1.54) is 23.1 Å². The molecule has 0 saturated heterocycles. The molecule has 0 aliphatic heterocycles. The summed E-state index contributed by atoms with van der Waals surface area (Å²) in [5.41, 5.74) is 1.51. The van der Waals surface area contributed by atoms with Crippen molar-refractivity contribution in [1.29, 1.82) is 0 Å². The number of nitro benzene ring substituents is 1. The SMILES string of the molecule is CC[C@@H](C(=O)NC1CCCC1)N(Cc1cccc(C)c1)C(=O)CN(c1cccc([N+](=O)[O-])c1)S(C)(=O)=O. The van der Waals surface area contributed by atoms with E-state index in [-0.39, 0.29) is 29.9 Å². The summed E-state index contributed by atoms with van der Waals surface area (Å²) in [6.45, 7) is 3.25. The standard InChI is InChI=1S/C26H34N4O6S/c1-4-24(26(32)27-21-11-5-6-12-21)28(17-20-10-7-9-19(2)15-20)25(31)18-29(37(3,35)36)22-13-8-14-23(16-22)30(33)34/h7-10,13-16,21,24H,4-6,11-12,17-18H2,1-3H3,(H,27,32)/t24-/m0/s1. The number of nitro groups is 1. The van der Waals surface area contributed by atoms with Crippen LogP contribution in [0.1, 0.15) is 50.2 Å². The second-order valence-electron chi connectivity index (χ2n) is 9.47. The molecule has 1 N–H and O–H groups in total. The summed E-state index contributed by atoms with van der Waals surface area (Å²) in [5.74, 6) is -0.844. The van der Waals surface area contributed by atoms with Crippen LogP contribution in [0.5, 0.6) is 0 Å². The topological polar surface area (TPSA) is 130 Å². The van der Waals surface area contributed by atoms with E-state index in [0.29, 0.717) is 6.42 Å². The number of anilines is 1. The van der Waals surface area contributed by atoms with Gasteiger partial charge >= 0.3 is 0 Å². The smallest absolute Gasteiger partial charge is 0.271 e. The molecule has 0 spiro atoms. The number of benzene rings is 2. The van der Waals surface area contributed by atoms with Gasteiger partial charge in [-0.15, -0.1) is 0 Å². The second kappa shape index (κ2) is 12.2. The predicted molar refractivity (Wildman–Crippen MR) is 141 cm³/mol. The average molecular weight is 531 g/mol. The van der Waals surface area contributed by atoms with Crippen LogP contribution in [0.4, 0.5) is 11.4 Å². The molecule has 200 valence electrons. The van der Waals surface area contributed by atoms with Gasteiger partial charge in [-0.2, -0.15) is 0 Å². The van der Waals surface area contributed by atoms with Crippen molar-refractivity contribution in [3.63, 3.8) is 0 Å². The van der Waals surface area contributed by atoms with Crippen molar-refractivity contribution < 1.29 is 22.9 Å². The summed E-state index contributed by atoms with van der Waals surface area (Å²) in [6, 6.07) is 11.9. The largest absolute Gasteiger partial charge is 0.352 e. The Labute approximate surface area is 217 Å². The molecule has 0 aromatic heterocycles. The molecule has 3 rings (SSSR count). The van der Waals surface area contributed by atoms with Gasteiger partial charge in [-0.3, -0.25) is 24.0 Å². The van der Waals surface area contributed by atoms with E-state index < -0.39 is 33.4 Å². The van der Waals surface area contributed by atoms with Crippen molar-refractivity contribution in [3.05, 3.63) is 69.8 Å². The molecule has 1 saturated carbocycles. The van der Waals surface area contributed by atoms with Gasteiger partial charge in [0.05, 0.1) is 16.9 Å². The van der Waals surface area contributed by atoms with Crippen LogP contribution in [0.3, 0.4) is 0 Å². The molecule has 1 fully saturated rings. The van der Waals surface area contributed by atoms with Gasteiger partial charge in [-0.1, -0.05) is 55.7 Å². The van der Waals surface area contributed by atoms with E-state index >= 15 is 0 Å². The normalized spacial score (nSPS) is 14.7. The minimum absolute atomic E-state index is 0.00371. The molecule has 0 bridgehead atoms. The number of hydrogen-bond acceptors (Lipinski definition) is 6. The van der Waals surface area contributed by atoms with E-state index in [9.17, 15) is 28.1 Å². The van der Waals surface area contributed by atoms with Crippen molar-refractivity contribution in [2.75, 3.05) is 17.1 Å². The van der Waals surface area contributed by atoms with Crippen molar-refractivity contribution in [1.82, 2.24) is 10.2 Å². The lowest BCUT2D eigenvalue weighted by Gasteiger charge is -2.33. The first-order valence-corrected chi connectivity index (χ1v) is 14.2. The Morgan fingerprint density at radius 2 is 1.81 bits per heavy atom. The summed E-state index contributed by atoms with van der Waals surface area (Å²) < 4.78 is 26.2. The third kappa shape index (κ3) is 7.51. The number of carbonyl (C=O) groups is 2. The minimum Gasteiger partial charge on any atom is -0.352 e. The monoisotopic (exact) mass is 530 g/mol. The van der Waals surface area contributed by atoms with Gasteiger partial charge in [-0.25, -0.2) is 8.42 Å². The van der Waals surface area contributed by atoms with Crippen LogP contribution in [0, 0.1) is 17.0 Å². The molecule has 2 aromatic carbocycles. The van der Waals surface area contributed by atoms with Gasteiger partial charge in [0.25, 0.3) is 5.69 Å². The Hall–Kier alpha value is -3.47. The lowest BCUT2D eigenvalue weighted by atomic mass is 10.1. The highest BCUT2D eigenvalue weighted by Crippen LogP contribution is 2.24. The summed E-state index contributed by atoms with van der Waals surface area (Å²) >= 11 is 0. The van der Waals surface area contributed by atoms with Gasteiger partial charge in [0.15, 0.2) is 0 Å². The zero-order valence-corrected chi connectivity index (χ0v) is 22.2. The summed E-state index contributed by atoms with van der Waals surface area (Å²) in [7, 11) is -3.98. The molecule has 0 unspecified atom stereocenters. The fraction of sp³-hybridized carbons (Fsp3) is 0.462. The zero-order chi connectivity index (χ0) is 27.2. The predicted octanol–water partition coefficient (Wildman–Crippen LogP) is 3.54. The lowest BCUT2D eigenvalue weighted by Crippen LogP contribution is -2.53. The Morgan fingerprint density at radius 3 is 2.41 bits per heavy atom. The van der Waals surface area contributed by atoms with Gasteiger partial charge in [0.1, 0.15) is 12.6 Å². The van der Waals surface area contributed by atoms with Crippen LogP contribution < -0.4 is 9.62 Å². The summed E-state index contributed by atoms with van der Waals surface area (Å²) in [6.07, 6.45) is 5.14. The van der Waals surface area contributed by atoms with Gasteiger partial charge in [-0.05, 0) is 37.8 Å². The third-order valence-corrected chi connectivity index (χ3v) is 7.67. The number of non-ortho nitro benzene ring substituents is 1. The first-order valence-electron chi connectivity index (χ1n) is 12.4. The van der Waals surface area contributed by atoms with Crippen LogP contribution in [0.2, 0.25) is 0 Å². The summed E-state index contributed by atoms with van der Waals surface area (Å²) in [4.78, 5) is 39.1. The molecule has 37 heavy (non-hydrogen) atoms. The third-order valence-electron chi connectivity index (χ3n) is 6.53. The number of amides is 2. The number of carbonyl (C=O) groups excluding carboxylic acids is 2. The number of sulfonamides is 1. The van der Waals surface area contributed by atoms with Crippen LogP contribution in [-0.4, -0.2) is 54.9 Å². The van der Waals surface area contributed by atoms with E-state index in [2.05, 4.69) is 5.32 Å². The second-order valence-corrected chi connectivity index (χ2v) is 11.4. The molecule has 1 aliphatic carbocycles. The highest BCUT2D eigenvalue weighted by molar-refractivity contribution is 7.92. The van der Waals surface area contributed by atoms with Crippen LogP contribution in [0.25, 0.3) is 0 Å². The molecule has 0 radical (unpaired) electrons. The summed E-state index contributed by atoms with van der Waals surface area (Å²) in [5, 5.41) is 14.3. The number of aryl methyl sites for hydroxylation is 1. The maximum Gasteiger partial charge on any atom is 0.271 e. The van der Waals surface area contributed by atoms with Crippen molar-refractivity contribution in [2.45, 2.75) is 64.6 Å². The van der Waals surface area contributed by atoms with Gasteiger partial charge in [0, 0.05) is 24.7 Å². The van der Waals surface area contributed by atoms with Crippen molar-refractivity contribution in [2.24, 2.45) is 0 Å². The molecule has 1 aliphatic rings. The molecular weight excluding hydrogens is 496 g/mol. The lowest BCUT2D eigenvalue weighted by molar-refractivity contribution is -0.384.